The van der Waals surface area contributed by atoms with Crippen LogP contribution in [0.1, 0.15) is 15.9 Å². The van der Waals surface area contributed by atoms with Gasteiger partial charge in [0.05, 0.1) is 5.56 Å². The van der Waals surface area contributed by atoms with Crippen LogP contribution in [0, 0.1) is 6.92 Å². The van der Waals surface area contributed by atoms with Gasteiger partial charge in [-0.15, -0.1) is 11.3 Å². The lowest BCUT2D eigenvalue weighted by Crippen LogP contribution is -2.22. The highest BCUT2D eigenvalue weighted by Crippen LogP contribution is 2.35. The molecule has 0 atom stereocenters. The zero-order valence-electron chi connectivity index (χ0n) is 10.9. The molecule has 3 N–H and O–H groups in total. The molecule has 0 saturated heterocycles. The van der Waals surface area contributed by atoms with Crippen molar-refractivity contribution in [2.45, 2.75) is 6.92 Å². The van der Waals surface area contributed by atoms with Crippen molar-refractivity contribution in [1.82, 2.24) is 0 Å². The van der Waals surface area contributed by atoms with Gasteiger partial charge in [-0.1, -0.05) is 29.8 Å². The number of aromatic carboxylic acids is 1. The van der Waals surface area contributed by atoms with Crippen LogP contribution < -0.4 is 5.32 Å². The number of carboxylic acid groups (broad SMARTS) is 2. The van der Waals surface area contributed by atoms with Crippen LogP contribution in [0.4, 0.5) is 5.00 Å². The first kappa shape index (κ1) is 14.7. The summed E-state index contributed by atoms with van der Waals surface area (Å²) in [6, 6.07) is 8.84. The second-order valence-electron chi connectivity index (χ2n) is 4.29. The molecular formula is C14H11NO5S. The minimum Gasteiger partial charge on any atom is -0.478 e. The summed E-state index contributed by atoms with van der Waals surface area (Å²) in [5, 5.41) is 19.8. The van der Waals surface area contributed by atoms with Gasteiger partial charge in [0.15, 0.2) is 0 Å². The molecule has 6 nitrogen and oxygen atoms in total. The molecule has 1 amide bonds. The maximum atomic E-state index is 11.2. The highest BCUT2D eigenvalue weighted by molar-refractivity contribution is 7.20. The fourth-order valence-corrected chi connectivity index (χ4v) is 2.78. The van der Waals surface area contributed by atoms with E-state index in [2.05, 4.69) is 5.32 Å². The monoisotopic (exact) mass is 305 g/mol. The molecule has 2 rings (SSSR count). The van der Waals surface area contributed by atoms with E-state index in [9.17, 15) is 14.4 Å². The number of amides is 1. The molecule has 0 radical (unpaired) electrons. The number of rotatable bonds is 3. The Hall–Kier alpha value is -2.67. The molecule has 0 aliphatic carbocycles. The summed E-state index contributed by atoms with van der Waals surface area (Å²) >= 11 is 1.02. The molecule has 1 aromatic heterocycles. The van der Waals surface area contributed by atoms with Crippen molar-refractivity contribution >= 4 is 34.2 Å². The van der Waals surface area contributed by atoms with E-state index in [-0.39, 0.29) is 10.6 Å². The highest BCUT2D eigenvalue weighted by Gasteiger charge is 2.20. The van der Waals surface area contributed by atoms with E-state index in [0.29, 0.717) is 4.88 Å². The Kier molecular flexibility index (Phi) is 4.04. The number of thiophene rings is 1. The van der Waals surface area contributed by atoms with Gasteiger partial charge < -0.3 is 15.5 Å². The second kappa shape index (κ2) is 5.76. The molecule has 0 saturated carbocycles. The van der Waals surface area contributed by atoms with Crippen LogP contribution in [-0.2, 0) is 9.59 Å². The van der Waals surface area contributed by atoms with Crippen LogP contribution in [0.25, 0.3) is 10.4 Å². The summed E-state index contributed by atoms with van der Waals surface area (Å²) in [6.07, 6.45) is 0. The van der Waals surface area contributed by atoms with Crippen molar-refractivity contribution in [3.05, 3.63) is 41.5 Å². The number of benzene rings is 1. The number of carboxylic acids is 2. The normalized spacial score (nSPS) is 10.1. The van der Waals surface area contributed by atoms with Crippen LogP contribution in [0.5, 0.6) is 0 Å². The lowest BCUT2D eigenvalue weighted by molar-refractivity contribution is -0.147. The number of carbonyl (C=O) groups excluding carboxylic acids is 1. The molecule has 1 aromatic carbocycles. The van der Waals surface area contributed by atoms with E-state index >= 15 is 0 Å². The Morgan fingerprint density at radius 3 is 2.43 bits per heavy atom. The first-order valence-electron chi connectivity index (χ1n) is 5.87. The predicted molar refractivity (Wildman–Crippen MR) is 77.7 cm³/mol. The smallest absolute Gasteiger partial charge is 0.394 e. The van der Waals surface area contributed by atoms with Gasteiger partial charge in [-0.3, -0.25) is 4.79 Å². The Morgan fingerprint density at radius 2 is 1.86 bits per heavy atom. The number of nitrogens with one attached hydrogen (secondary N) is 1. The number of hydrogen-bond donors (Lipinski definition) is 3. The fourth-order valence-electron chi connectivity index (χ4n) is 1.74. The van der Waals surface area contributed by atoms with Crippen molar-refractivity contribution in [3.8, 4) is 10.4 Å². The van der Waals surface area contributed by atoms with Crippen LogP contribution in [-0.4, -0.2) is 28.1 Å². The molecule has 0 fully saturated rings. The standard InChI is InChI=1S/C14H11NO5S/c1-7-3-2-4-8(5-7)10-6-9(13(17)18)12(21-10)15-11(16)14(19)20/h2-6H,1H3,(H,15,16)(H,17,18)(H,19,20). The molecule has 0 aliphatic rings. The summed E-state index contributed by atoms with van der Waals surface area (Å²) in [6.45, 7) is 1.91. The molecule has 0 bridgehead atoms. The van der Waals surface area contributed by atoms with Gasteiger partial charge in [-0.05, 0) is 18.6 Å². The molecule has 1 heterocycles. The van der Waals surface area contributed by atoms with Gasteiger partial charge >= 0.3 is 17.8 Å². The summed E-state index contributed by atoms with van der Waals surface area (Å²) in [7, 11) is 0. The Labute approximate surface area is 123 Å². The van der Waals surface area contributed by atoms with Gasteiger partial charge in [-0.25, -0.2) is 9.59 Å². The van der Waals surface area contributed by atoms with Crippen molar-refractivity contribution in [3.63, 3.8) is 0 Å². The van der Waals surface area contributed by atoms with Crippen molar-refractivity contribution in [2.75, 3.05) is 5.32 Å². The van der Waals surface area contributed by atoms with E-state index in [1.165, 1.54) is 6.07 Å². The summed E-state index contributed by atoms with van der Waals surface area (Å²) in [5.41, 5.74) is 1.68. The lowest BCUT2D eigenvalue weighted by Gasteiger charge is -2.00. The van der Waals surface area contributed by atoms with Gasteiger partial charge in [0, 0.05) is 4.88 Å². The molecule has 0 aliphatic heterocycles. The molecule has 2 aromatic rings. The lowest BCUT2D eigenvalue weighted by atomic mass is 10.1. The third-order valence-corrected chi connectivity index (χ3v) is 3.79. The van der Waals surface area contributed by atoms with E-state index in [1.54, 1.807) is 0 Å². The second-order valence-corrected chi connectivity index (χ2v) is 5.34. The van der Waals surface area contributed by atoms with Crippen molar-refractivity contribution < 1.29 is 24.6 Å². The number of aryl methyl sites for hydroxylation is 1. The maximum Gasteiger partial charge on any atom is 0.394 e. The zero-order valence-corrected chi connectivity index (χ0v) is 11.7. The molecule has 7 heteroatoms. The molecule has 0 unspecified atom stereocenters. The molecule has 21 heavy (non-hydrogen) atoms. The quantitative estimate of drug-likeness (QED) is 0.756. The summed E-state index contributed by atoms with van der Waals surface area (Å²) < 4.78 is 0. The van der Waals surface area contributed by atoms with Gasteiger partial charge in [0.25, 0.3) is 0 Å². The molecule has 108 valence electrons. The van der Waals surface area contributed by atoms with E-state index < -0.39 is 17.8 Å². The van der Waals surface area contributed by atoms with Gasteiger partial charge in [0.1, 0.15) is 5.00 Å². The highest BCUT2D eigenvalue weighted by atomic mass is 32.1. The molecule has 0 spiro atoms. The van der Waals surface area contributed by atoms with Gasteiger partial charge in [-0.2, -0.15) is 0 Å². The maximum absolute atomic E-state index is 11.2. The first-order chi connectivity index (χ1) is 9.88. The van der Waals surface area contributed by atoms with Crippen molar-refractivity contribution in [2.24, 2.45) is 0 Å². The van der Waals surface area contributed by atoms with Crippen LogP contribution in [0.2, 0.25) is 0 Å². The largest absolute Gasteiger partial charge is 0.478 e. The van der Waals surface area contributed by atoms with Crippen LogP contribution >= 0.6 is 11.3 Å². The Balaban J connectivity index is 2.44. The first-order valence-corrected chi connectivity index (χ1v) is 6.68. The average Bonchev–Trinajstić information content (AvgIpc) is 2.82. The van der Waals surface area contributed by atoms with E-state index in [4.69, 9.17) is 10.2 Å². The number of hydrogen-bond acceptors (Lipinski definition) is 4. The van der Waals surface area contributed by atoms with E-state index in [1.807, 2.05) is 31.2 Å². The third kappa shape index (κ3) is 3.26. The Bertz CT molecular complexity index is 735. The van der Waals surface area contributed by atoms with Crippen molar-refractivity contribution in [1.29, 1.82) is 0 Å². The zero-order chi connectivity index (χ0) is 15.6. The van der Waals surface area contributed by atoms with Crippen LogP contribution in [0.3, 0.4) is 0 Å². The average molecular weight is 305 g/mol. The molecular weight excluding hydrogens is 294 g/mol. The topological polar surface area (TPSA) is 104 Å². The van der Waals surface area contributed by atoms with Crippen LogP contribution in [0.15, 0.2) is 30.3 Å². The SMILES string of the molecule is Cc1cccc(-c2cc(C(=O)O)c(NC(=O)C(=O)O)s2)c1. The summed E-state index contributed by atoms with van der Waals surface area (Å²) in [4.78, 5) is 33.6. The fraction of sp³-hybridized carbons (Fsp3) is 0.0714. The minimum absolute atomic E-state index is 0.00593. The minimum atomic E-state index is -1.67. The third-order valence-electron chi connectivity index (χ3n) is 2.69. The predicted octanol–water partition coefficient (Wildman–Crippen LogP) is 2.44. The number of anilines is 1. The summed E-state index contributed by atoms with van der Waals surface area (Å²) in [5.74, 6) is -4.17. The Morgan fingerprint density at radius 1 is 1.14 bits per heavy atom. The van der Waals surface area contributed by atoms with Gasteiger partial charge in [0.2, 0.25) is 0 Å². The number of aliphatic carboxylic acids is 1. The number of carbonyl (C=O) groups is 3. The van der Waals surface area contributed by atoms with E-state index in [0.717, 1.165) is 22.5 Å².